The molecule has 0 aliphatic rings. The maximum absolute atomic E-state index is 11.5. The van der Waals surface area contributed by atoms with E-state index in [1.165, 1.54) is 0 Å². The van der Waals surface area contributed by atoms with Gasteiger partial charge in [-0.3, -0.25) is 4.79 Å². The summed E-state index contributed by atoms with van der Waals surface area (Å²) in [6, 6.07) is 10.8. The number of aldehydes is 1. The molecule has 3 rings (SSSR count). The van der Waals surface area contributed by atoms with Crippen LogP contribution in [0, 0.1) is 0 Å². The Bertz CT molecular complexity index is 840. The van der Waals surface area contributed by atoms with Crippen molar-refractivity contribution in [2.24, 2.45) is 0 Å². The second kappa shape index (κ2) is 5.43. The second-order valence-corrected chi connectivity index (χ2v) is 5.41. The highest BCUT2D eigenvalue weighted by molar-refractivity contribution is 6.32. The molecule has 0 spiro atoms. The third-order valence-corrected chi connectivity index (χ3v) is 3.89. The number of hydrogen-bond donors (Lipinski definition) is 1. The lowest BCUT2D eigenvalue weighted by molar-refractivity contribution is 0.112. The molecular formula is C16H11Cl2NO2. The molecule has 0 saturated carbocycles. The Hall–Kier alpha value is -1.97. The summed E-state index contributed by atoms with van der Waals surface area (Å²) in [4.78, 5) is 14.7. The summed E-state index contributed by atoms with van der Waals surface area (Å²) in [7, 11) is 1.56. The van der Waals surface area contributed by atoms with Crippen LogP contribution < -0.4 is 4.74 Å². The number of fused-ring (bicyclic) bond motifs is 1. The van der Waals surface area contributed by atoms with Crippen molar-refractivity contribution in [2.45, 2.75) is 0 Å². The Morgan fingerprint density at radius 1 is 1.14 bits per heavy atom. The molecule has 0 aliphatic carbocycles. The molecule has 0 radical (unpaired) electrons. The van der Waals surface area contributed by atoms with E-state index in [9.17, 15) is 4.79 Å². The fourth-order valence-electron chi connectivity index (χ4n) is 2.36. The standard InChI is InChI=1S/C16H11Cl2NO2/c1-21-15-5-2-9(6-13(15)18)16-12(8-20)11-7-10(17)3-4-14(11)19-16/h2-8,19H,1H3. The van der Waals surface area contributed by atoms with Gasteiger partial charge < -0.3 is 9.72 Å². The molecular weight excluding hydrogens is 309 g/mol. The molecule has 1 heterocycles. The topological polar surface area (TPSA) is 42.1 Å². The van der Waals surface area contributed by atoms with Crippen LogP contribution in [0.5, 0.6) is 5.75 Å². The van der Waals surface area contributed by atoms with Crippen molar-refractivity contribution in [1.29, 1.82) is 0 Å². The maximum atomic E-state index is 11.5. The highest BCUT2D eigenvalue weighted by atomic mass is 35.5. The quantitative estimate of drug-likeness (QED) is 0.693. The smallest absolute Gasteiger partial charge is 0.152 e. The predicted molar refractivity (Wildman–Crippen MR) is 85.7 cm³/mol. The molecule has 0 unspecified atom stereocenters. The molecule has 0 atom stereocenters. The molecule has 0 amide bonds. The summed E-state index contributed by atoms with van der Waals surface area (Å²) in [5, 5.41) is 1.87. The Morgan fingerprint density at radius 3 is 2.62 bits per heavy atom. The summed E-state index contributed by atoms with van der Waals surface area (Å²) in [5.41, 5.74) is 2.94. The summed E-state index contributed by atoms with van der Waals surface area (Å²) in [6.45, 7) is 0. The summed E-state index contributed by atoms with van der Waals surface area (Å²) in [5.74, 6) is 0.590. The Morgan fingerprint density at radius 2 is 1.95 bits per heavy atom. The zero-order valence-corrected chi connectivity index (χ0v) is 12.6. The Kier molecular flexibility index (Phi) is 3.62. The van der Waals surface area contributed by atoms with E-state index in [2.05, 4.69) is 4.98 Å². The lowest BCUT2D eigenvalue weighted by Gasteiger charge is -2.05. The van der Waals surface area contributed by atoms with E-state index >= 15 is 0 Å². The number of methoxy groups -OCH3 is 1. The van der Waals surface area contributed by atoms with Gasteiger partial charge in [-0.25, -0.2) is 0 Å². The van der Waals surface area contributed by atoms with E-state index in [1.54, 1.807) is 31.4 Å². The Labute approximate surface area is 131 Å². The molecule has 1 aromatic heterocycles. The van der Waals surface area contributed by atoms with Crippen molar-refractivity contribution in [3.05, 3.63) is 52.0 Å². The second-order valence-electron chi connectivity index (χ2n) is 4.57. The van der Waals surface area contributed by atoms with E-state index < -0.39 is 0 Å². The van der Waals surface area contributed by atoms with Gasteiger partial charge in [0.1, 0.15) is 5.75 Å². The molecule has 2 aromatic carbocycles. The number of carbonyl (C=O) groups is 1. The number of aromatic nitrogens is 1. The van der Waals surface area contributed by atoms with Crippen molar-refractivity contribution in [1.82, 2.24) is 4.98 Å². The largest absolute Gasteiger partial charge is 0.495 e. The maximum Gasteiger partial charge on any atom is 0.152 e. The van der Waals surface area contributed by atoms with Crippen molar-refractivity contribution in [3.8, 4) is 17.0 Å². The molecule has 0 aliphatic heterocycles. The fourth-order valence-corrected chi connectivity index (χ4v) is 2.79. The van der Waals surface area contributed by atoms with Crippen LogP contribution in [0.15, 0.2) is 36.4 Å². The molecule has 5 heteroatoms. The summed E-state index contributed by atoms with van der Waals surface area (Å²) in [6.07, 6.45) is 0.822. The van der Waals surface area contributed by atoms with E-state index in [0.29, 0.717) is 27.1 Å². The number of hydrogen-bond acceptors (Lipinski definition) is 2. The number of ether oxygens (including phenoxy) is 1. The SMILES string of the molecule is COc1ccc(-c2[nH]c3ccc(Cl)cc3c2C=O)cc1Cl. The van der Waals surface area contributed by atoms with Crippen LogP contribution in [0.4, 0.5) is 0 Å². The third-order valence-electron chi connectivity index (χ3n) is 3.36. The van der Waals surface area contributed by atoms with Crippen LogP contribution in [-0.4, -0.2) is 18.4 Å². The molecule has 1 N–H and O–H groups in total. The first kappa shape index (κ1) is 14.0. The molecule has 0 bridgehead atoms. The lowest BCUT2D eigenvalue weighted by atomic mass is 10.1. The van der Waals surface area contributed by atoms with E-state index in [0.717, 1.165) is 22.8 Å². The van der Waals surface area contributed by atoms with Gasteiger partial charge in [0.05, 0.1) is 17.8 Å². The van der Waals surface area contributed by atoms with Crippen LogP contribution in [0.2, 0.25) is 10.0 Å². The van der Waals surface area contributed by atoms with Crippen LogP contribution in [-0.2, 0) is 0 Å². The van der Waals surface area contributed by atoms with Crippen molar-refractivity contribution in [2.75, 3.05) is 7.11 Å². The number of nitrogens with one attached hydrogen (secondary N) is 1. The molecule has 0 fully saturated rings. The normalized spacial score (nSPS) is 10.8. The number of aromatic amines is 1. The minimum atomic E-state index is 0.489. The number of benzene rings is 2. The first-order valence-corrected chi connectivity index (χ1v) is 7.00. The molecule has 3 aromatic rings. The van der Waals surface area contributed by atoms with Gasteiger partial charge in [-0.05, 0) is 36.4 Å². The van der Waals surface area contributed by atoms with Gasteiger partial charge in [-0.15, -0.1) is 0 Å². The molecule has 21 heavy (non-hydrogen) atoms. The number of H-pyrrole nitrogens is 1. The van der Waals surface area contributed by atoms with Crippen molar-refractivity contribution < 1.29 is 9.53 Å². The summed E-state index contributed by atoms with van der Waals surface area (Å²) < 4.78 is 5.14. The molecule has 106 valence electrons. The Balaban J connectivity index is 2.24. The van der Waals surface area contributed by atoms with E-state index in [4.69, 9.17) is 27.9 Å². The van der Waals surface area contributed by atoms with Gasteiger partial charge in [0, 0.05) is 27.1 Å². The van der Waals surface area contributed by atoms with Gasteiger partial charge in [-0.1, -0.05) is 23.2 Å². The average Bonchev–Trinajstić information content (AvgIpc) is 2.84. The van der Waals surface area contributed by atoms with Gasteiger partial charge >= 0.3 is 0 Å². The lowest BCUT2D eigenvalue weighted by Crippen LogP contribution is -1.87. The molecule has 0 saturated heterocycles. The van der Waals surface area contributed by atoms with Crippen molar-refractivity contribution >= 4 is 40.4 Å². The minimum absolute atomic E-state index is 0.489. The predicted octanol–water partition coefficient (Wildman–Crippen LogP) is 4.96. The highest BCUT2D eigenvalue weighted by Gasteiger charge is 2.14. The van der Waals surface area contributed by atoms with Crippen LogP contribution >= 0.6 is 23.2 Å². The van der Waals surface area contributed by atoms with Gasteiger partial charge in [0.2, 0.25) is 0 Å². The third kappa shape index (κ3) is 2.39. The zero-order chi connectivity index (χ0) is 15.0. The van der Waals surface area contributed by atoms with Crippen LogP contribution in [0.3, 0.4) is 0 Å². The number of halogens is 2. The van der Waals surface area contributed by atoms with Gasteiger partial charge in [-0.2, -0.15) is 0 Å². The minimum Gasteiger partial charge on any atom is -0.495 e. The van der Waals surface area contributed by atoms with Gasteiger partial charge in [0.25, 0.3) is 0 Å². The highest BCUT2D eigenvalue weighted by Crippen LogP contribution is 2.34. The summed E-state index contributed by atoms with van der Waals surface area (Å²) >= 11 is 12.2. The number of carbonyl (C=O) groups excluding carboxylic acids is 1. The number of rotatable bonds is 3. The first-order valence-electron chi connectivity index (χ1n) is 6.24. The molecule has 3 nitrogen and oxygen atoms in total. The van der Waals surface area contributed by atoms with E-state index in [1.807, 2.05) is 12.1 Å². The van der Waals surface area contributed by atoms with Crippen LogP contribution in [0.25, 0.3) is 22.2 Å². The van der Waals surface area contributed by atoms with Crippen LogP contribution in [0.1, 0.15) is 10.4 Å². The fraction of sp³-hybridized carbons (Fsp3) is 0.0625. The average molecular weight is 320 g/mol. The monoisotopic (exact) mass is 319 g/mol. The zero-order valence-electron chi connectivity index (χ0n) is 11.1. The van der Waals surface area contributed by atoms with Gasteiger partial charge in [0.15, 0.2) is 6.29 Å². The van der Waals surface area contributed by atoms with E-state index in [-0.39, 0.29) is 0 Å². The van der Waals surface area contributed by atoms with Crippen molar-refractivity contribution in [3.63, 3.8) is 0 Å². The first-order chi connectivity index (χ1) is 10.1.